The van der Waals surface area contributed by atoms with E-state index in [9.17, 15) is 8.42 Å². The van der Waals surface area contributed by atoms with Gasteiger partial charge in [-0.3, -0.25) is 0 Å². The molecule has 0 aliphatic carbocycles. The van der Waals surface area contributed by atoms with Crippen LogP contribution in [0.5, 0.6) is 0 Å². The van der Waals surface area contributed by atoms with Crippen molar-refractivity contribution in [1.29, 1.82) is 5.26 Å². The molecule has 0 spiro atoms. The molecule has 0 saturated carbocycles. The third-order valence-corrected chi connectivity index (χ3v) is 5.96. The molecule has 7 heteroatoms. The normalized spacial score (nSPS) is 21.6. The van der Waals surface area contributed by atoms with Gasteiger partial charge >= 0.3 is 0 Å². The average molecular weight is 314 g/mol. The first-order chi connectivity index (χ1) is 9.36. The third kappa shape index (κ3) is 2.81. The van der Waals surface area contributed by atoms with Crippen molar-refractivity contribution >= 4 is 21.6 Å². The highest BCUT2D eigenvalue weighted by atomic mass is 35.5. The Bertz CT molecular complexity index is 652. The van der Waals surface area contributed by atoms with Crippen molar-refractivity contribution in [3.8, 4) is 6.07 Å². The summed E-state index contributed by atoms with van der Waals surface area (Å²) in [5, 5.41) is 8.86. The molecule has 0 bridgehead atoms. The molecule has 2 atom stereocenters. The fourth-order valence-corrected chi connectivity index (χ4v) is 4.35. The Morgan fingerprint density at radius 2 is 2.25 bits per heavy atom. The van der Waals surface area contributed by atoms with Gasteiger partial charge in [0, 0.05) is 19.1 Å². The van der Waals surface area contributed by atoms with Crippen LogP contribution < -0.4 is 5.73 Å². The highest BCUT2D eigenvalue weighted by Crippen LogP contribution is 2.30. The highest BCUT2D eigenvalue weighted by molar-refractivity contribution is 7.89. The van der Waals surface area contributed by atoms with Gasteiger partial charge in [-0.1, -0.05) is 11.6 Å². The lowest BCUT2D eigenvalue weighted by atomic mass is 10.0. The van der Waals surface area contributed by atoms with E-state index < -0.39 is 10.0 Å². The third-order valence-electron chi connectivity index (χ3n) is 3.61. The number of hydrogen-bond acceptors (Lipinski definition) is 4. The monoisotopic (exact) mass is 313 g/mol. The van der Waals surface area contributed by atoms with Crippen LogP contribution in [0.2, 0.25) is 5.02 Å². The van der Waals surface area contributed by atoms with Crippen LogP contribution in [0.3, 0.4) is 0 Å². The van der Waals surface area contributed by atoms with Gasteiger partial charge in [0.25, 0.3) is 0 Å². The van der Waals surface area contributed by atoms with Crippen LogP contribution in [-0.2, 0) is 10.0 Å². The van der Waals surface area contributed by atoms with Gasteiger partial charge in [0.05, 0.1) is 16.7 Å². The van der Waals surface area contributed by atoms with Crippen molar-refractivity contribution in [3.63, 3.8) is 0 Å². The quantitative estimate of drug-likeness (QED) is 0.917. The van der Waals surface area contributed by atoms with Gasteiger partial charge in [0.1, 0.15) is 4.90 Å². The van der Waals surface area contributed by atoms with Crippen molar-refractivity contribution in [2.75, 3.05) is 13.1 Å². The number of hydrogen-bond donors (Lipinski definition) is 1. The van der Waals surface area contributed by atoms with E-state index in [1.807, 2.05) is 13.0 Å². The van der Waals surface area contributed by atoms with Crippen molar-refractivity contribution in [3.05, 3.63) is 28.8 Å². The topological polar surface area (TPSA) is 87.2 Å². The van der Waals surface area contributed by atoms with E-state index in [-0.39, 0.29) is 21.9 Å². The Morgan fingerprint density at radius 1 is 1.55 bits per heavy atom. The molecular formula is C13H16ClN3O2S. The average Bonchev–Trinajstić information content (AvgIpc) is 2.88. The molecule has 1 aliphatic heterocycles. The van der Waals surface area contributed by atoms with Gasteiger partial charge in [-0.15, -0.1) is 0 Å². The number of sulfonamides is 1. The zero-order chi connectivity index (χ0) is 14.9. The van der Waals surface area contributed by atoms with Crippen LogP contribution in [0.1, 0.15) is 18.9 Å². The molecular weight excluding hydrogens is 298 g/mol. The lowest BCUT2D eigenvalue weighted by Gasteiger charge is -2.18. The molecule has 1 heterocycles. The van der Waals surface area contributed by atoms with Crippen molar-refractivity contribution in [2.45, 2.75) is 24.3 Å². The molecule has 2 rings (SSSR count). The summed E-state index contributed by atoms with van der Waals surface area (Å²) >= 11 is 5.99. The summed E-state index contributed by atoms with van der Waals surface area (Å²) in [6.07, 6.45) is 0.755. The van der Waals surface area contributed by atoms with Crippen LogP contribution >= 0.6 is 11.6 Å². The number of nitrogens with zero attached hydrogens (tertiary/aromatic N) is 2. The minimum atomic E-state index is -3.62. The van der Waals surface area contributed by atoms with E-state index in [4.69, 9.17) is 22.6 Å². The highest BCUT2D eigenvalue weighted by Gasteiger charge is 2.34. The Morgan fingerprint density at radius 3 is 2.75 bits per heavy atom. The smallest absolute Gasteiger partial charge is 0.244 e. The molecule has 1 aromatic rings. The van der Waals surface area contributed by atoms with Gasteiger partial charge < -0.3 is 5.73 Å². The van der Waals surface area contributed by atoms with Crippen molar-refractivity contribution in [1.82, 2.24) is 4.31 Å². The second kappa shape index (κ2) is 5.70. The Balaban J connectivity index is 2.30. The van der Waals surface area contributed by atoms with E-state index >= 15 is 0 Å². The first-order valence-corrected chi connectivity index (χ1v) is 8.13. The maximum atomic E-state index is 12.5. The lowest BCUT2D eigenvalue weighted by molar-refractivity contribution is 0.429. The zero-order valence-corrected chi connectivity index (χ0v) is 12.7. The maximum Gasteiger partial charge on any atom is 0.244 e. The first-order valence-electron chi connectivity index (χ1n) is 6.31. The molecule has 108 valence electrons. The van der Waals surface area contributed by atoms with Gasteiger partial charge in [0.2, 0.25) is 10.0 Å². The summed E-state index contributed by atoms with van der Waals surface area (Å²) in [5.74, 6) is 0.168. The van der Waals surface area contributed by atoms with E-state index in [1.54, 1.807) is 0 Å². The molecule has 2 N–H and O–H groups in total. The largest absolute Gasteiger partial charge is 0.328 e. The minimum absolute atomic E-state index is 0.0355. The lowest BCUT2D eigenvalue weighted by Crippen LogP contribution is -2.33. The van der Waals surface area contributed by atoms with Crippen LogP contribution in [0.4, 0.5) is 0 Å². The summed E-state index contributed by atoms with van der Waals surface area (Å²) in [5.41, 5.74) is 6.16. The fraction of sp³-hybridized carbons (Fsp3) is 0.462. The van der Waals surface area contributed by atoms with E-state index in [0.717, 1.165) is 6.42 Å². The molecule has 1 aliphatic rings. The molecule has 5 nitrogen and oxygen atoms in total. The second-order valence-corrected chi connectivity index (χ2v) is 7.34. The molecule has 2 unspecified atom stereocenters. The predicted molar refractivity (Wildman–Crippen MR) is 76.7 cm³/mol. The van der Waals surface area contributed by atoms with Gasteiger partial charge in [-0.25, -0.2) is 8.42 Å². The summed E-state index contributed by atoms with van der Waals surface area (Å²) < 4.78 is 26.5. The summed E-state index contributed by atoms with van der Waals surface area (Å²) in [4.78, 5) is 0.0449. The van der Waals surface area contributed by atoms with Crippen LogP contribution in [0.15, 0.2) is 23.1 Å². The fourth-order valence-electron chi connectivity index (χ4n) is 2.32. The number of halogens is 1. The number of rotatable bonds is 3. The van der Waals surface area contributed by atoms with E-state index in [0.29, 0.717) is 18.7 Å². The van der Waals surface area contributed by atoms with E-state index in [1.165, 1.54) is 22.5 Å². The SMILES string of the molecule is CC(N)C1CCN(S(=O)(=O)c2ccc(C#N)cc2Cl)C1. The summed E-state index contributed by atoms with van der Waals surface area (Å²) in [7, 11) is -3.62. The Hall–Kier alpha value is -1.13. The number of benzene rings is 1. The number of nitriles is 1. The second-order valence-electron chi connectivity index (χ2n) is 5.03. The molecule has 0 aromatic heterocycles. The van der Waals surface area contributed by atoms with Crippen LogP contribution in [-0.4, -0.2) is 31.9 Å². The Kier molecular flexibility index (Phi) is 4.35. The molecule has 0 amide bonds. The summed E-state index contributed by atoms with van der Waals surface area (Å²) in [6, 6.07) is 6.10. The van der Waals surface area contributed by atoms with Gasteiger partial charge in [0.15, 0.2) is 0 Å². The molecule has 1 saturated heterocycles. The maximum absolute atomic E-state index is 12.5. The predicted octanol–water partition coefficient (Wildman–Crippen LogP) is 1.57. The van der Waals surface area contributed by atoms with Crippen molar-refractivity contribution < 1.29 is 8.42 Å². The molecule has 1 aromatic carbocycles. The van der Waals surface area contributed by atoms with Gasteiger partial charge in [-0.05, 0) is 37.5 Å². The summed E-state index contributed by atoms with van der Waals surface area (Å²) in [6.45, 7) is 2.75. The van der Waals surface area contributed by atoms with E-state index in [2.05, 4.69) is 0 Å². The molecule has 1 fully saturated rings. The van der Waals surface area contributed by atoms with Gasteiger partial charge in [-0.2, -0.15) is 9.57 Å². The molecule has 0 radical (unpaired) electrons. The van der Waals surface area contributed by atoms with Crippen LogP contribution in [0, 0.1) is 17.2 Å². The minimum Gasteiger partial charge on any atom is -0.328 e. The van der Waals surface area contributed by atoms with Crippen LogP contribution in [0.25, 0.3) is 0 Å². The van der Waals surface area contributed by atoms with Crippen molar-refractivity contribution in [2.24, 2.45) is 11.7 Å². The Labute approximate surface area is 124 Å². The zero-order valence-electron chi connectivity index (χ0n) is 11.1. The number of nitrogens with two attached hydrogens (primary N) is 1. The molecule has 20 heavy (non-hydrogen) atoms. The standard InChI is InChI=1S/C13H16ClN3O2S/c1-9(16)11-4-5-17(8-11)20(18,19)13-3-2-10(7-15)6-12(13)14/h2-3,6,9,11H,4-5,8,16H2,1H3. The first kappa shape index (κ1) is 15.3.